The van der Waals surface area contributed by atoms with Crippen molar-refractivity contribution in [1.29, 1.82) is 0 Å². The van der Waals surface area contributed by atoms with Gasteiger partial charge in [-0.05, 0) is 18.8 Å². The van der Waals surface area contributed by atoms with E-state index in [4.69, 9.17) is 4.74 Å². The molecule has 1 atom stereocenters. The fourth-order valence-electron chi connectivity index (χ4n) is 2.81. The number of hydrogen-bond donors (Lipinski definition) is 0. The maximum atomic E-state index is 12.7. The number of Topliss-reactive ketones (excluding diaryl/α,β-unsaturated/α-hetero) is 2. The number of ether oxygens (including phenoxy) is 1. The molecule has 22 heavy (non-hydrogen) atoms. The minimum absolute atomic E-state index is 0.201. The van der Waals surface area contributed by atoms with Crippen LogP contribution in [0.2, 0.25) is 0 Å². The quantitative estimate of drug-likeness (QED) is 0.617. The lowest BCUT2D eigenvalue weighted by molar-refractivity contribution is -0.170. The highest BCUT2D eigenvalue weighted by Crippen LogP contribution is 2.40. The summed E-state index contributed by atoms with van der Waals surface area (Å²) in [4.78, 5) is 36.7. The zero-order valence-electron chi connectivity index (χ0n) is 13.3. The minimum Gasteiger partial charge on any atom is -0.446 e. The molecule has 1 aliphatic rings. The van der Waals surface area contributed by atoms with Crippen LogP contribution in [-0.2, 0) is 19.9 Å². The average molecular weight is 302 g/mol. The van der Waals surface area contributed by atoms with Gasteiger partial charge in [0.2, 0.25) is 0 Å². The zero-order valence-corrected chi connectivity index (χ0v) is 13.3. The van der Waals surface area contributed by atoms with E-state index < -0.39 is 11.6 Å². The van der Waals surface area contributed by atoms with Gasteiger partial charge in [-0.25, -0.2) is 0 Å². The molecular weight excluding hydrogens is 280 g/mol. The summed E-state index contributed by atoms with van der Waals surface area (Å²) in [6.45, 7) is 5.81. The fraction of sp³-hybridized carbons (Fsp3) is 0.500. The Kier molecular flexibility index (Phi) is 4.79. The monoisotopic (exact) mass is 302 g/mol. The first-order valence-corrected chi connectivity index (χ1v) is 7.78. The molecule has 0 N–H and O–H groups in total. The molecule has 0 radical (unpaired) electrons. The van der Waals surface area contributed by atoms with Gasteiger partial charge in [-0.2, -0.15) is 0 Å². The Labute approximate surface area is 130 Å². The number of ketones is 2. The summed E-state index contributed by atoms with van der Waals surface area (Å²) in [5.41, 5.74) is -0.268. The summed E-state index contributed by atoms with van der Waals surface area (Å²) < 4.78 is 5.62. The first-order chi connectivity index (χ1) is 10.4. The summed E-state index contributed by atoms with van der Waals surface area (Å²) in [6, 6.07) is 6.97. The van der Waals surface area contributed by atoms with E-state index in [0.717, 1.165) is 6.42 Å². The third kappa shape index (κ3) is 2.96. The SMILES string of the molecule is CCC(=O)OC1(CCC(C)C)C(=O)CC(=O)c2ccccc21. The Hall–Kier alpha value is -1.97. The van der Waals surface area contributed by atoms with Crippen molar-refractivity contribution in [2.45, 2.75) is 52.1 Å². The Morgan fingerprint density at radius 2 is 1.95 bits per heavy atom. The van der Waals surface area contributed by atoms with Gasteiger partial charge in [0.05, 0.1) is 6.42 Å². The Balaban J connectivity index is 2.54. The molecule has 0 heterocycles. The van der Waals surface area contributed by atoms with E-state index in [1.165, 1.54) is 0 Å². The predicted octanol–water partition coefficient (Wildman–Crippen LogP) is 3.43. The van der Waals surface area contributed by atoms with Crippen molar-refractivity contribution in [1.82, 2.24) is 0 Å². The Bertz CT molecular complexity index is 603. The van der Waals surface area contributed by atoms with E-state index in [2.05, 4.69) is 13.8 Å². The standard InChI is InChI=1S/C18H22O4/c1-4-17(21)22-18(10-9-12(2)3)14-8-6-5-7-13(14)15(19)11-16(18)20/h5-8,12H,4,9-11H2,1-3H3. The van der Waals surface area contributed by atoms with E-state index in [9.17, 15) is 14.4 Å². The number of fused-ring (bicyclic) bond motifs is 1. The number of hydrogen-bond acceptors (Lipinski definition) is 4. The van der Waals surface area contributed by atoms with Crippen LogP contribution >= 0.6 is 0 Å². The smallest absolute Gasteiger partial charge is 0.306 e. The molecule has 1 aromatic rings. The van der Waals surface area contributed by atoms with Gasteiger partial charge < -0.3 is 4.74 Å². The van der Waals surface area contributed by atoms with Crippen LogP contribution in [0.3, 0.4) is 0 Å². The lowest BCUT2D eigenvalue weighted by Crippen LogP contribution is -2.46. The van der Waals surface area contributed by atoms with Crippen molar-refractivity contribution in [3.05, 3.63) is 35.4 Å². The molecular formula is C18H22O4. The summed E-state index contributed by atoms with van der Waals surface area (Å²) in [7, 11) is 0. The second-order valence-corrected chi connectivity index (χ2v) is 6.16. The highest BCUT2D eigenvalue weighted by atomic mass is 16.6. The van der Waals surface area contributed by atoms with E-state index in [-0.39, 0.29) is 24.4 Å². The van der Waals surface area contributed by atoms with E-state index in [1.54, 1.807) is 31.2 Å². The van der Waals surface area contributed by atoms with Crippen molar-refractivity contribution in [3.63, 3.8) is 0 Å². The maximum absolute atomic E-state index is 12.7. The van der Waals surface area contributed by atoms with Gasteiger partial charge in [-0.3, -0.25) is 14.4 Å². The molecule has 0 aromatic heterocycles. The first kappa shape index (κ1) is 16.4. The normalized spacial score (nSPS) is 20.9. The second-order valence-electron chi connectivity index (χ2n) is 6.16. The minimum atomic E-state index is -1.30. The van der Waals surface area contributed by atoms with Gasteiger partial charge >= 0.3 is 5.97 Å². The molecule has 2 rings (SSSR count). The summed E-state index contributed by atoms with van der Waals surface area (Å²) in [6.07, 6.45) is 1.16. The average Bonchev–Trinajstić information content (AvgIpc) is 2.50. The molecule has 0 saturated heterocycles. The van der Waals surface area contributed by atoms with Crippen molar-refractivity contribution < 1.29 is 19.1 Å². The van der Waals surface area contributed by atoms with Gasteiger partial charge in [0.25, 0.3) is 0 Å². The van der Waals surface area contributed by atoms with E-state index >= 15 is 0 Å². The highest BCUT2D eigenvalue weighted by Gasteiger charge is 2.49. The van der Waals surface area contributed by atoms with Gasteiger partial charge in [-0.15, -0.1) is 0 Å². The highest BCUT2D eigenvalue weighted by molar-refractivity contribution is 6.15. The van der Waals surface area contributed by atoms with Crippen LogP contribution in [0.1, 0.15) is 62.4 Å². The molecule has 1 unspecified atom stereocenters. The molecule has 0 bridgehead atoms. The van der Waals surface area contributed by atoms with Crippen molar-refractivity contribution >= 4 is 17.5 Å². The van der Waals surface area contributed by atoms with E-state index in [1.807, 2.05) is 0 Å². The summed E-state index contributed by atoms with van der Waals surface area (Å²) in [5, 5.41) is 0. The van der Waals surface area contributed by atoms with Crippen molar-refractivity contribution in [2.75, 3.05) is 0 Å². The molecule has 118 valence electrons. The van der Waals surface area contributed by atoms with Crippen LogP contribution in [0.15, 0.2) is 24.3 Å². The lowest BCUT2D eigenvalue weighted by Gasteiger charge is -2.37. The Morgan fingerprint density at radius 1 is 1.27 bits per heavy atom. The molecule has 4 heteroatoms. The summed E-state index contributed by atoms with van der Waals surface area (Å²) >= 11 is 0. The number of esters is 1. The van der Waals surface area contributed by atoms with Gasteiger partial charge in [0.15, 0.2) is 17.2 Å². The van der Waals surface area contributed by atoms with Crippen LogP contribution in [0.5, 0.6) is 0 Å². The van der Waals surface area contributed by atoms with Crippen LogP contribution in [-0.4, -0.2) is 17.5 Å². The topological polar surface area (TPSA) is 60.4 Å². The van der Waals surface area contributed by atoms with Crippen LogP contribution in [0, 0.1) is 5.92 Å². The van der Waals surface area contributed by atoms with Gasteiger partial charge in [0.1, 0.15) is 0 Å². The number of carbonyl (C=O) groups is 3. The molecule has 0 fully saturated rings. The largest absolute Gasteiger partial charge is 0.446 e. The third-order valence-electron chi connectivity index (χ3n) is 4.08. The molecule has 0 aliphatic heterocycles. The molecule has 4 nitrogen and oxygen atoms in total. The molecule has 0 saturated carbocycles. The van der Waals surface area contributed by atoms with Crippen molar-refractivity contribution in [3.8, 4) is 0 Å². The molecule has 1 aliphatic carbocycles. The molecule has 0 amide bonds. The number of benzene rings is 1. The predicted molar refractivity (Wildman–Crippen MR) is 82.5 cm³/mol. The number of rotatable bonds is 5. The molecule has 1 aromatic carbocycles. The summed E-state index contributed by atoms with van der Waals surface area (Å²) in [5.74, 6) is -0.553. The Morgan fingerprint density at radius 3 is 2.59 bits per heavy atom. The van der Waals surface area contributed by atoms with Crippen LogP contribution < -0.4 is 0 Å². The molecule has 0 spiro atoms. The van der Waals surface area contributed by atoms with Gasteiger partial charge in [-0.1, -0.05) is 45.0 Å². The first-order valence-electron chi connectivity index (χ1n) is 7.78. The lowest BCUT2D eigenvalue weighted by atomic mass is 9.74. The van der Waals surface area contributed by atoms with Crippen molar-refractivity contribution in [2.24, 2.45) is 5.92 Å². The third-order valence-corrected chi connectivity index (χ3v) is 4.08. The van der Waals surface area contributed by atoms with Crippen LogP contribution in [0.25, 0.3) is 0 Å². The zero-order chi connectivity index (χ0) is 16.3. The van der Waals surface area contributed by atoms with Gasteiger partial charge in [0, 0.05) is 17.5 Å². The fourth-order valence-corrected chi connectivity index (χ4v) is 2.81. The van der Waals surface area contributed by atoms with E-state index in [0.29, 0.717) is 23.5 Å². The number of carbonyl (C=O) groups excluding carboxylic acids is 3. The maximum Gasteiger partial charge on any atom is 0.306 e. The van der Waals surface area contributed by atoms with Crippen LogP contribution in [0.4, 0.5) is 0 Å². The second kappa shape index (κ2) is 6.42.